The smallest absolute Gasteiger partial charge is 0.235 e. The number of hydrogen-bond acceptors (Lipinski definition) is 2. The Morgan fingerprint density at radius 1 is 1.50 bits per heavy atom. The van der Waals surface area contributed by atoms with Gasteiger partial charge in [0.15, 0.2) is 0 Å². The van der Waals surface area contributed by atoms with E-state index in [-0.39, 0.29) is 17.1 Å². The van der Waals surface area contributed by atoms with Crippen LogP contribution in [0.25, 0.3) is 0 Å². The van der Waals surface area contributed by atoms with Gasteiger partial charge in [-0.2, -0.15) is 5.26 Å². The zero-order valence-corrected chi connectivity index (χ0v) is 6.93. The Morgan fingerprint density at radius 3 is 2.00 bits per heavy atom. The van der Waals surface area contributed by atoms with E-state index in [4.69, 9.17) is 5.26 Å². The molecule has 10 heavy (non-hydrogen) atoms. The van der Waals surface area contributed by atoms with Gasteiger partial charge in [-0.25, -0.2) is 0 Å². The van der Waals surface area contributed by atoms with E-state index in [1.165, 1.54) is 0 Å². The molecule has 0 N–H and O–H groups in total. The summed E-state index contributed by atoms with van der Waals surface area (Å²) >= 11 is 0. The van der Waals surface area contributed by atoms with Gasteiger partial charge < -0.3 is 0 Å². The van der Waals surface area contributed by atoms with Crippen molar-refractivity contribution >= 4 is 5.78 Å². The number of Topliss-reactive ketones (excluding diaryl/α,β-unsaturated/α-hetero) is 1. The zero-order chi connectivity index (χ0) is 8.36. The van der Waals surface area contributed by atoms with Crippen LogP contribution in [0.5, 0.6) is 0 Å². The maximum Gasteiger partial charge on any atom is 0.235 e. The zero-order valence-electron chi connectivity index (χ0n) is 6.93. The lowest BCUT2D eigenvalue weighted by molar-refractivity contribution is -0.119. The van der Waals surface area contributed by atoms with Gasteiger partial charge in [0.1, 0.15) is 6.07 Å². The van der Waals surface area contributed by atoms with Crippen LogP contribution in [0.3, 0.4) is 0 Å². The van der Waals surface area contributed by atoms with Gasteiger partial charge in [0.05, 0.1) is 0 Å². The summed E-state index contributed by atoms with van der Waals surface area (Å²) in [5.74, 6) is -0.495. The first kappa shape index (κ1) is 9.16. The van der Waals surface area contributed by atoms with Gasteiger partial charge in [-0.15, -0.1) is 0 Å². The Labute approximate surface area is 61.8 Å². The summed E-state index contributed by atoms with van der Waals surface area (Å²) < 4.78 is 0. The molecule has 0 aromatic carbocycles. The summed E-state index contributed by atoms with van der Waals surface area (Å²) in [4.78, 5) is 10.8. The molecule has 1 atom stereocenters. The summed E-state index contributed by atoms with van der Waals surface area (Å²) in [6, 6.07) is 1.63. The molecule has 0 amide bonds. The summed E-state index contributed by atoms with van der Waals surface area (Å²) in [5.41, 5.74) is -0.0905. The second-order valence-electron chi connectivity index (χ2n) is 3.56. The van der Waals surface area contributed by atoms with Crippen LogP contribution in [0.1, 0.15) is 27.7 Å². The van der Waals surface area contributed by atoms with Gasteiger partial charge in [-0.05, 0) is 5.41 Å². The minimum Gasteiger partial charge on any atom is -0.282 e. The summed E-state index contributed by atoms with van der Waals surface area (Å²) in [5, 5.41) is 8.27. The molecule has 2 nitrogen and oxygen atoms in total. The van der Waals surface area contributed by atoms with Gasteiger partial charge in [-0.3, -0.25) is 4.79 Å². The standard InChI is InChI=1S/C8H13NO/c1-6(7(10)5-9)8(2,3)4/h6H,1-4H3. The first-order valence-electron chi connectivity index (χ1n) is 3.33. The number of hydrogen-bond donors (Lipinski definition) is 0. The highest BCUT2D eigenvalue weighted by atomic mass is 16.1. The Hall–Kier alpha value is -0.840. The molecule has 2 heteroatoms. The lowest BCUT2D eigenvalue weighted by Gasteiger charge is -2.22. The molecule has 0 saturated heterocycles. The molecule has 0 saturated carbocycles. The number of carbonyl (C=O) groups is 1. The fourth-order valence-electron chi connectivity index (χ4n) is 0.490. The molecule has 0 aromatic heterocycles. The van der Waals surface area contributed by atoms with Gasteiger partial charge in [0, 0.05) is 5.92 Å². The van der Waals surface area contributed by atoms with Crippen molar-refractivity contribution in [3.63, 3.8) is 0 Å². The largest absolute Gasteiger partial charge is 0.282 e. The lowest BCUT2D eigenvalue weighted by atomic mass is 9.80. The highest BCUT2D eigenvalue weighted by Crippen LogP contribution is 2.25. The lowest BCUT2D eigenvalue weighted by Crippen LogP contribution is -2.24. The van der Waals surface area contributed by atoms with Crippen LogP contribution in [0, 0.1) is 22.7 Å². The van der Waals surface area contributed by atoms with Crippen molar-refractivity contribution in [3.8, 4) is 6.07 Å². The predicted octanol–water partition coefficient (Wildman–Crippen LogP) is 1.76. The topological polar surface area (TPSA) is 40.9 Å². The molecular formula is C8H13NO. The van der Waals surface area contributed by atoms with Crippen LogP contribution in [-0.2, 0) is 4.79 Å². The highest BCUT2D eigenvalue weighted by molar-refractivity contribution is 5.95. The molecule has 0 aliphatic carbocycles. The monoisotopic (exact) mass is 139 g/mol. The minimum absolute atomic E-state index is 0.0905. The Kier molecular flexibility index (Phi) is 2.59. The third-order valence-corrected chi connectivity index (χ3v) is 1.80. The maximum atomic E-state index is 10.8. The number of carbonyl (C=O) groups excluding carboxylic acids is 1. The van der Waals surface area contributed by atoms with E-state index in [0.717, 1.165) is 0 Å². The third-order valence-electron chi connectivity index (χ3n) is 1.80. The fraction of sp³-hybridized carbons (Fsp3) is 0.750. The van der Waals surface area contributed by atoms with Gasteiger partial charge >= 0.3 is 0 Å². The molecule has 0 heterocycles. The molecule has 0 aliphatic heterocycles. The second-order valence-corrected chi connectivity index (χ2v) is 3.56. The van der Waals surface area contributed by atoms with Gasteiger partial charge in [0.2, 0.25) is 5.78 Å². The van der Waals surface area contributed by atoms with Crippen molar-refractivity contribution in [2.45, 2.75) is 27.7 Å². The van der Waals surface area contributed by atoms with E-state index in [9.17, 15) is 4.79 Å². The van der Waals surface area contributed by atoms with Crippen molar-refractivity contribution in [1.29, 1.82) is 5.26 Å². The number of nitriles is 1. The SMILES string of the molecule is CC(C(=O)C#N)C(C)(C)C. The fourth-order valence-corrected chi connectivity index (χ4v) is 0.490. The number of rotatable bonds is 1. The number of nitrogens with zero attached hydrogens (tertiary/aromatic N) is 1. The van der Waals surface area contributed by atoms with Crippen LogP contribution in [-0.4, -0.2) is 5.78 Å². The second kappa shape index (κ2) is 2.83. The average Bonchev–Trinajstić information content (AvgIpc) is 1.83. The molecule has 0 aliphatic rings. The Bertz CT molecular complexity index is 171. The normalized spacial score (nSPS) is 13.9. The van der Waals surface area contributed by atoms with Crippen molar-refractivity contribution in [2.75, 3.05) is 0 Å². The van der Waals surface area contributed by atoms with Crippen LogP contribution in [0.15, 0.2) is 0 Å². The van der Waals surface area contributed by atoms with Crippen LogP contribution in [0.4, 0.5) is 0 Å². The molecular weight excluding hydrogens is 126 g/mol. The Morgan fingerprint density at radius 2 is 1.90 bits per heavy atom. The molecule has 0 aromatic rings. The van der Waals surface area contributed by atoms with Crippen molar-refractivity contribution in [3.05, 3.63) is 0 Å². The summed E-state index contributed by atoms with van der Waals surface area (Å²) in [6.45, 7) is 7.64. The molecule has 0 radical (unpaired) electrons. The minimum atomic E-state index is -0.326. The van der Waals surface area contributed by atoms with E-state index in [2.05, 4.69) is 0 Å². The van der Waals surface area contributed by atoms with E-state index in [1.807, 2.05) is 20.8 Å². The summed E-state index contributed by atoms with van der Waals surface area (Å²) in [6.07, 6.45) is 0. The first-order valence-corrected chi connectivity index (χ1v) is 3.33. The van der Waals surface area contributed by atoms with Crippen LogP contribution < -0.4 is 0 Å². The Balaban J connectivity index is 4.26. The highest BCUT2D eigenvalue weighted by Gasteiger charge is 2.26. The molecule has 0 fully saturated rings. The summed E-state index contributed by atoms with van der Waals surface area (Å²) in [7, 11) is 0. The predicted molar refractivity (Wildman–Crippen MR) is 39.2 cm³/mol. The van der Waals surface area contributed by atoms with Gasteiger partial charge in [0.25, 0.3) is 0 Å². The molecule has 1 unspecified atom stereocenters. The average molecular weight is 139 g/mol. The van der Waals surface area contributed by atoms with Crippen molar-refractivity contribution in [1.82, 2.24) is 0 Å². The third kappa shape index (κ3) is 2.18. The van der Waals surface area contributed by atoms with E-state index < -0.39 is 0 Å². The van der Waals surface area contributed by atoms with Crippen LogP contribution >= 0.6 is 0 Å². The van der Waals surface area contributed by atoms with Crippen LogP contribution in [0.2, 0.25) is 0 Å². The van der Waals surface area contributed by atoms with Crippen molar-refractivity contribution in [2.24, 2.45) is 11.3 Å². The van der Waals surface area contributed by atoms with E-state index in [1.54, 1.807) is 13.0 Å². The van der Waals surface area contributed by atoms with E-state index in [0.29, 0.717) is 0 Å². The number of ketones is 1. The molecule has 0 rings (SSSR count). The first-order chi connectivity index (χ1) is 4.39. The van der Waals surface area contributed by atoms with E-state index >= 15 is 0 Å². The molecule has 56 valence electrons. The molecule has 0 bridgehead atoms. The van der Waals surface area contributed by atoms with Crippen molar-refractivity contribution < 1.29 is 4.79 Å². The maximum absolute atomic E-state index is 10.8. The molecule has 0 spiro atoms. The quantitative estimate of drug-likeness (QED) is 0.519. The van der Waals surface area contributed by atoms with Gasteiger partial charge in [-0.1, -0.05) is 27.7 Å².